The first-order chi connectivity index (χ1) is 14.4. The van der Waals surface area contributed by atoms with Gasteiger partial charge < -0.3 is 9.64 Å². The van der Waals surface area contributed by atoms with Gasteiger partial charge in [-0.25, -0.2) is 0 Å². The Bertz CT molecular complexity index is 752. The van der Waals surface area contributed by atoms with E-state index in [1.165, 1.54) is 10.4 Å². The van der Waals surface area contributed by atoms with E-state index >= 15 is 0 Å². The molecule has 1 aliphatic heterocycles. The molecule has 0 amide bonds. The van der Waals surface area contributed by atoms with Crippen molar-refractivity contribution in [2.24, 2.45) is 0 Å². The van der Waals surface area contributed by atoms with Gasteiger partial charge in [0.25, 0.3) is 0 Å². The lowest BCUT2D eigenvalue weighted by atomic mass is 10.0. The molecule has 0 aromatic heterocycles. The SMILES string of the molecule is CCOC(=O)CCN1CCN(C(C)(C)C)C([SiH](c2ccccc2)c2ccccc2)C1. The van der Waals surface area contributed by atoms with Crippen LogP contribution < -0.4 is 10.4 Å². The van der Waals surface area contributed by atoms with Crippen LogP contribution in [0.15, 0.2) is 60.7 Å². The topological polar surface area (TPSA) is 32.8 Å². The standard InChI is InChI=1S/C25H36N2O2Si/c1-5-29-24(28)16-17-26-18-19-27(25(2,3)4)23(20-26)30(21-12-8-6-9-13-21)22-14-10-7-11-15-22/h6-15,23,30H,5,16-20H2,1-4H3. The molecular weight excluding hydrogens is 388 g/mol. The summed E-state index contributed by atoms with van der Waals surface area (Å²) < 4.78 is 5.15. The van der Waals surface area contributed by atoms with Crippen LogP contribution in [0.3, 0.4) is 0 Å². The van der Waals surface area contributed by atoms with E-state index in [4.69, 9.17) is 4.74 Å². The molecule has 4 nitrogen and oxygen atoms in total. The number of hydrogen-bond acceptors (Lipinski definition) is 4. The molecule has 1 unspecified atom stereocenters. The van der Waals surface area contributed by atoms with Gasteiger partial charge in [-0.1, -0.05) is 71.0 Å². The molecule has 162 valence electrons. The van der Waals surface area contributed by atoms with Gasteiger partial charge in [0.2, 0.25) is 0 Å². The number of piperazine rings is 1. The summed E-state index contributed by atoms with van der Waals surface area (Å²) in [6, 6.07) is 22.1. The van der Waals surface area contributed by atoms with E-state index < -0.39 is 8.80 Å². The van der Waals surface area contributed by atoms with Crippen LogP contribution in [0.4, 0.5) is 0 Å². The first-order valence-corrected chi connectivity index (χ1v) is 13.0. The lowest BCUT2D eigenvalue weighted by Crippen LogP contribution is -2.69. The number of nitrogens with zero attached hydrogens (tertiary/aromatic N) is 2. The quantitative estimate of drug-likeness (QED) is 0.504. The molecule has 0 radical (unpaired) electrons. The molecule has 1 heterocycles. The molecule has 0 spiro atoms. The highest BCUT2D eigenvalue weighted by Crippen LogP contribution is 2.23. The summed E-state index contributed by atoms with van der Waals surface area (Å²) in [6.07, 6.45) is 0.471. The van der Waals surface area contributed by atoms with Crippen molar-refractivity contribution in [1.82, 2.24) is 9.80 Å². The van der Waals surface area contributed by atoms with Crippen LogP contribution in [0.1, 0.15) is 34.1 Å². The summed E-state index contributed by atoms with van der Waals surface area (Å²) in [7, 11) is -1.52. The minimum absolute atomic E-state index is 0.0905. The first-order valence-electron chi connectivity index (χ1n) is 11.1. The number of rotatable bonds is 7. The largest absolute Gasteiger partial charge is 0.466 e. The number of hydrogen-bond donors (Lipinski definition) is 0. The van der Waals surface area contributed by atoms with Crippen molar-refractivity contribution in [3.63, 3.8) is 0 Å². The third-order valence-corrected chi connectivity index (χ3v) is 9.55. The van der Waals surface area contributed by atoms with E-state index in [1.54, 1.807) is 0 Å². The Morgan fingerprint density at radius 2 is 1.57 bits per heavy atom. The van der Waals surface area contributed by atoms with Crippen LogP contribution >= 0.6 is 0 Å². The third-order valence-electron chi connectivity index (χ3n) is 6.00. The van der Waals surface area contributed by atoms with Gasteiger partial charge in [0.05, 0.1) is 13.0 Å². The summed E-state index contributed by atoms with van der Waals surface area (Å²) in [6.45, 7) is 13.1. The van der Waals surface area contributed by atoms with E-state index in [0.29, 0.717) is 18.7 Å². The van der Waals surface area contributed by atoms with Crippen molar-refractivity contribution < 1.29 is 9.53 Å². The Morgan fingerprint density at radius 1 is 1.00 bits per heavy atom. The highest BCUT2D eigenvalue weighted by Gasteiger charge is 2.40. The van der Waals surface area contributed by atoms with Crippen molar-refractivity contribution in [2.45, 2.75) is 45.3 Å². The van der Waals surface area contributed by atoms with Gasteiger partial charge in [0.1, 0.15) is 8.80 Å². The number of benzene rings is 2. The maximum absolute atomic E-state index is 11.9. The van der Waals surface area contributed by atoms with Gasteiger partial charge in [-0.3, -0.25) is 9.69 Å². The molecule has 1 saturated heterocycles. The van der Waals surface area contributed by atoms with Crippen LogP contribution in [0.25, 0.3) is 0 Å². The predicted molar refractivity (Wildman–Crippen MR) is 127 cm³/mol. The average molecular weight is 425 g/mol. The van der Waals surface area contributed by atoms with E-state index in [1.807, 2.05) is 6.92 Å². The van der Waals surface area contributed by atoms with E-state index in [2.05, 4.69) is 91.2 Å². The van der Waals surface area contributed by atoms with Crippen molar-refractivity contribution in [1.29, 1.82) is 0 Å². The van der Waals surface area contributed by atoms with Crippen LogP contribution in [0.2, 0.25) is 0 Å². The highest BCUT2D eigenvalue weighted by atomic mass is 28.3. The lowest BCUT2D eigenvalue weighted by Gasteiger charge is -2.50. The number of carbonyl (C=O) groups is 1. The molecule has 3 rings (SSSR count). The lowest BCUT2D eigenvalue weighted by molar-refractivity contribution is -0.143. The molecule has 0 aliphatic carbocycles. The maximum Gasteiger partial charge on any atom is 0.307 e. The second-order valence-electron chi connectivity index (χ2n) is 9.09. The smallest absolute Gasteiger partial charge is 0.307 e. The van der Waals surface area contributed by atoms with Gasteiger partial charge in [0.15, 0.2) is 0 Å². The minimum atomic E-state index is -1.52. The summed E-state index contributed by atoms with van der Waals surface area (Å²) in [4.78, 5) is 17.1. The molecular formula is C25H36N2O2Si. The highest BCUT2D eigenvalue weighted by molar-refractivity contribution is 6.86. The summed E-state index contributed by atoms with van der Waals surface area (Å²) in [5, 5.41) is 2.96. The fourth-order valence-corrected chi connectivity index (χ4v) is 8.64. The third kappa shape index (κ3) is 5.81. The maximum atomic E-state index is 11.9. The minimum Gasteiger partial charge on any atom is -0.466 e. The molecule has 1 atom stereocenters. The first kappa shape index (κ1) is 22.7. The summed E-state index contributed by atoms with van der Waals surface area (Å²) in [5.41, 5.74) is 0.568. The van der Waals surface area contributed by atoms with Crippen LogP contribution in [-0.4, -0.2) is 68.6 Å². The molecule has 0 saturated carbocycles. The van der Waals surface area contributed by atoms with Crippen molar-refractivity contribution >= 4 is 25.1 Å². The fourth-order valence-electron chi connectivity index (χ4n) is 4.63. The fraction of sp³-hybridized carbons (Fsp3) is 0.480. The zero-order valence-electron chi connectivity index (χ0n) is 18.9. The molecule has 30 heavy (non-hydrogen) atoms. The number of carbonyl (C=O) groups excluding carboxylic acids is 1. The van der Waals surface area contributed by atoms with Gasteiger partial charge in [-0.15, -0.1) is 0 Å². The summed E-state index contributed by atoms with van der Waals surface area (Å²) >= 11 is 0. The Labute approximate surface area is 183 Å². The molecule has 5 heteroatoms. The monoisotopic (exact) mass is 424 g/mol. The second kappa shape index (κ2) is 10.4. The Kier molecular flexibility index (Phi) is 7.86. The second-order valence-corrected chi connectivity index (χ2v) is 12.1. The summed E-state index contributed by atoms with van der Waals surface area (Å²) in [5.74, 6) is -0.0905. The van der Waals surface area contributed by atoms with Gasteiger partial charge in [-0.2, -0.15) is 0 Å². The molecule has 1 fully saturated rings. The van der Waals surface area contributed by atoms with E-state index in [0.717, 1.165) is 26.2 Å². The van der Waals surface area contributed by atoms with Crippen LogP contribution in [-0.2, 0) is 9.53 Å². The van der Waals surface area contributed by atoms with Crippen LogP contribution in [0.5, 0.6) is 0 Å². The Morgan fingerprint density at radius 3 is 2.07 bits per heavy atom. The molecule has 2 aromatic rings. The Hall–Kier alpha value is -1.95. The predicted octanol–water partition coefficient (Wildman–Crippen LogP) is 2.30. The van der Waals surface area contributed by atoms with Crippen LogP contribution in [0, 0.1) is 0 Å². The van der Waals surface area contributed by atoms with Gasteiger partial charge in [0, 0.05) is 37.4 Å². The van der Waals surface area contributed by atoms with E-state index in [9.17, 15) is 4.79 Å². The molecule has 1 aliphatic rings. The average Bonchev–Trinajstić information content (AvgIpc) is 2.74. The van der Waals surface area contributed by atoms with Gasteiger partial charge >= 0.3 is 5.97 Å². The van der Waals surface area contributed by atoms with Crippen molar-refractivity contribution in [3.8, 4) is 0 Å². The normalized spacial score (nSPS) is 18.5. The van der Waals surface area contributed by atoms with Gasteiger partial charge in [-0.05, 0) is 27.7 Å². The van der Waals surface area contributed by atoms with Crippen molar-refractivity contribution in [3.05, 3.63) is 60.7 Å². The number of ether oxygens (including phenoxy) is 1. The number of esters is 1. The zero-order valence-corrected chi connectivity index (χ0v) is 20.0. The molecule has 2 aromatic carbocycles. The Balaban J connectivity index is 1.91. The van der Waals surface area contributed by atoms with Crippen molar-refractivity contribution in [2.75, 3.05) is 32.8 Å². The van der Waals surface area contributed by atoms with E-state index in [-0.39, 0.29) is 11.5 Å². The molecule has 0 N–H and O–H groups in total. The molecule has 0 bridgehead atoms. The zero-order chi connectivity index (χ0) is 21.6.